The Morgan fingerprint density at radius 2 is 2.07 bits per heavy atom. The van der Waals surface area contributed by atoms with Crippen LogP contribution in [0.25, 0.3) is 0 Å². The van der Waals surface area contributed by atoms with E-state index in [9.17, 15) is 0 Å². The summed E-state index contributed by atoms with van der Waals surface area (Å²) in [7, 11) is 1.68. The van der Waals surface area contributed by atoms with Crippen molar-refractivity contribution in [1.82, 2.24) is 0 Å². The molecule has 0 saturated carbocycles. The van der Waals surface area contributed by atoms with E-state index in [2.05, 4.69) is 0 Å². The minimum Gasteiger partial charge on any atom is -0.496 e. The first-order chi connectivity index (χ1) is 6.88. The van der Waals surface area contributed by atoms with Crippen molar-refractivity contribution in [2.75, 3.05) is 13.7 Å². The quantitative estimate of drug-likeness (QED) is 0.724. The second-order valence-corrected chi connectivity index (χ2v) is 3.00. The van der Waals surface area contributed by atoms with E-state index in [1.54, 1.807) is 7.11 Å². The summed E-state index contributed by atoms with van der Waals surface area (Å²) in [5.74, 6) is 0.918. The van der Waals surface area contributed by atoms with Crippen LogP contribution in [0.1, 0.15) is 12.0 Å². The van der Waals surface area contributed by atoms with Crippen LogP contribution in [-0.2, 0) is 6.42 Å². The molecule has 0 spiro atoms. The van der Waals surface area contributed by atoms with Crippen molar-refractivity contribution in [3.63, 3.8) is 0 Å². The molecule has 1 aromatic carbocycles. The van der Waals surface area contributed by atoms with E-state index in [4.69, 9.17) is 9.84 Å². The molecule has 0 aromatic heterocycles. The first-order valence-electron chi connectivity index (χ1n) is 4.76. The smallest absolute Gasteiger partial charge is 0.122 e. The Kier molecular flexibility index (Phi) is 4.79. The third-order valence-corrected chi connectivity index (χ3v) is 1.99. The van der Waals surface area contributed by atoms with Gasteiger partial charge in [-0.15, -0.1) is 0 Å². The average Bonchev–Trinajstić information content (AvgIpc) is 2.25. The first kappa shape index (κ1) is 10.8. The summed E-state index contributed by atoms with van der Waals surface area (Å²) in [5, 5.41) is 8.59. The van der Waals surface area contributed by atoms with E-state index in [1.165, 1.54) is 5.56 Å². The van der Waals surface area contributed by atoms with Gasteiger partial charge in [0.15, 0.2) is 0 Å². The minimum atomic E-state index is 0.211. The highest BCUT2D eigenvalue weighted by Crippen LogP contribution is 2.17. The maximum absolute atomic E-state index is 8.59. The van der Waals surface area contributed by atoms with E-state index in [0.717, 1.165) is 18.6 Å². The number of rotatable bonds is 5. The van der Waals surface area contributed by atoms with Crippen molar-refractivity contribution in [1.29, 1.82) is 0 Å². The number of ether oxygens (including phenoxy) is 1. The van der Waals surface area contributed by atoms with E-state index >= 15 is 0 Å². The molecule has 0 amide bonds. The van der Waals surface area contributed by atoms with Gasteiger partial charge in [-0.25, -0.2) is 0 Å². The molecule has 0 heterocycles. The lowest BCUT2D eigenvalue weighted by molar-refractivity contribution is 0.302. The van der Waals surface area contributed by atoms with Crippen LogP contribution in [0.3, 0.4) is 0 Å². The zero-order valence-electron chi connectivity index (χ0n) is 8.44. The number of allylic oxidation sites excluding steroid dienone is 1. The number of benzene rings is 1. The molecule has 1 rings (SSSR count). The lowest BCUT2D eigenvalue weighted by Crippen LogP contribution is -1.89. The van der Waals surface area contributed by atoms with Crippen LogP contribution in [0, 0.1) is 0 Å². The molecule has 1 aromatic rings. The van der Waals surface area contributed by atoms with Gasteiger partial charge in [-0.2, -0.15) is 0 Å². The molecule has 2 heteroatoms. The number of hydrogen-bond acceptors (Lipinski definition) is 2. The van der Waals surface area contributed by atoms with Gasteiger partial charge in [-0.1, -0.05) is 30.4 Å². The van der Waals surface area contributed by atoms with Crippen LogP contribution in [0.5, 0.6) is 5.75 Å². The third kappa shape index (κ3) is 3.23. The maximum atomic E-state index is 8.59. The normalized spacial score (nSPS) is 10.7. The zero-order chi connectivity index (χ0) is 10.2. The average molecular weight is 192 g/mol. The van der Waals surface area contributed by atoms with Crippen LogP contribution in [-0.4, -0.2) is 18.8 Å². The molecule has 0 bridgehead atoms. The Balaban J connectivity index is 2.57. The Hall–Kier alpha value is -1.28. The summed E-state index contributed by atoms with van der Waals surface area (Å²) in [6.45, 7) is 0.211. The highest BCUT2D eigenvalue weighted by molar-refractivity contribution is 5.34. The topological polar surface area (TPSA) is 29.5 Å². The van der Waals surface area contributed by atoms with Crippen molar-refractivity contribution < 1.29 is 9.84 Å². The van der Waals surface area contributed by atoms with Gasteiger partial charge in [0.05, 0.1) is 7.11 Å². The van der Waals surface area contributed by atoms with Crippen molar-refractivity contribution in [3.8, 4) is 5.75 Å². The van der Waals surface area contributed by atoms with Gasteiger partial charge in [-0.05, 0) is 24.5 Å². The summed E-state index contributed by atoms with van der Waals surface area (Å²) in [4.78, 5) is 0. The molecule has 0 aliphatic rings. The second-order valence-electron chi connectivity index (χ2n) is 3.00. The molecule has 76 valence electrons. The Morgan fingerprint density at radius 3 is 2.79 bits per heavy atom. The monoisotopic (exact) mass is 192 g/mol. The largest absolute Gasteiger partial charge is 0.496 e. The van der Waals surface area contributed by atoms with Crippen molar-refractivity contribution in [3.05, 3.63) is 42.0 Å². The van der Waals surface area contributed by atoms with Gasteiger partial charge in [0.25, 0.3) is 0 Å². The molecule has 0 fully saturated rings. The molecule has 0 unspecified atom stereocenters. The summed E-state index contributed by atoms with van der Waals surface area (Å²) < 4.78 is 5.22. The Bertz CT molecular complexity index is 292. The predicted octanol–water partition coefficient (Wildman–Crippen LogP) is 2.18. The zero-order valence-corrected chi connectivity index (χ0v) is 8.44. The van der Waals surface area contributed by atoms with Crippen LogP contribution in [0.2, 0.25) is 0 Å². The van der Waals surface area contributed by atoms with E-state index in [0.29, 0.717) is 0 Å². The molecular weight excluding hydrogens is 176 g/mol. The van der Waals surface area contributed by atoms with Crippen molar-refractivity contribution >= 4 is 0 Å². The fourth-order valence-electron chi connectivity index (χ4n) is 1.27. The highest BCUT2D eigenvalue weighted by atomic mass is 16.5. The second kappa shape index (κ2) is 6.22. The van der Waals surface area contributed by atoms with E-state index < -0.39 is 0 Å². The molecule has 0 aliphatic heterocycles. The van der Waals surface area contributed by atoms with Crippen molar-refractivity contribution in [2.24, 2.45) is 0 Å². The predicted molar refractivity (Wildman–Crippen MR) is 57.5 cm³/mol. The number of para-hydroxylation sites is 1. The first-order valence-corrected chi connectivity index (χ1v) is 4.76. The summed E-state index contributed by atoms with van der Waals surface area (Å²) in [5.41, 5.74) is 1.17. The lowest BCUT2D eigenvalue weighted by atomic mass is 10.1. The molecule has 0 saturated heterocycles. The molecule has 1 N–H and O–H groups in total. The van der Waals surface area contributed by atoms with Crippen LogP contribution >= 0.6 is 0 Å². The summed E-state index contributed by atoms with van der Waals surface area (Å²) in [6.07, 6.45) is 5.60. The van der Waals surface area contributed by atoms with E-state index in [-0.39, 0.29) is 6.61 Å². The Labute approximate surface area is 84.8 Å². The summed E-state index contributed by atoms with van der Waals surface area (Å²) >= 11 is 0. The Morgan fingerprint density at radius 1 is 1.29 bits per heavy atom. The minimum absolute atomic E-state index is 0.211. The number of hydrogen-bond donors (Lipinski definition) is 1. The van der Waals surface area contributed by atoms with Crippen LogP contribution < -0.4 is 4.74 Å². The molecule has 0 aliphatic carbocycles. The van der Waals surface area contributed by atoms with Gasteiger partial charge >= 0.3 is 0 Å². The van der Waals surface area contributed by atoms with E-state index in [1.807, 2.05) is 36.4 Å². The standard InChI is InChI=1S/C12H16O2/c1-14-12-9-5-4-8-11(12)7-3-2-6-10-13/h2-5,8-9,13H,6-7,10H2,1H3/b3-2-. The molecule has 14 heavy (non-hydrogen) atoms. The fraction of sp³-hybridized carbons (Fsp3) is 0.333. The van der Waals surface area contributed by atoms with Gasteiger partial charge in [-0.3, -0.25) is 0 Å². The molecule has 2 nitrogen and oxygen atoms in total. The maximum Gasteiger partial charge on any atom is 0.122 e. The van der Waals surface area contributed by atoms with Crippen LogP contribution in [0.15, 0.2) is 36.4 Å². The fourth-order valence-corrected chi connectivity index (χ4v) is 1.27. The number of methoxy groups -OCH3 is 1. The van der Waals surface area contributed by atoms with Gasteiger partial charge in [0.1, 0.15) is 5.75 Å². The molecular formula is C12H16O2. The number of aliphatic hydroxyl groups excluding tert-OH is 1. The van der Waals surface area contributed by atoms with Gasteiger partial charge in [0, 0.05) is 6.61 Å². The van der Waals surface area contributed by atoms with Gasteiger partial charge in [0.2, 0.25) is 0 Å². The third-order valence-electron chi connectivity index (χ3n) is 1.99. The summed E-state index contributed by atoms with van der Waals surface area (Å²) in [6, 6.07) is 7.95. The number of aliphatic hydroxyl groups is 1. The molecule has 0 radical (unpaired) electrons. The van der Waals surface area contributed by atoms with Gasteiger partial charge < -0.3 is 9.84 Å². The SMILES string of the molecule is COc1ccccc1C/C=C\CCO. The highest BCUT2D eigenvalue weighted by Gasteiger charge is 1.97. The molecule has 0 atom stereocenters. The lowest BCUT2D eigenvalue weighted by Gasteiger charge is -2.04. The van der Waals surface area contributed by atoms with Crippen molar-refractivity contribution in [2.45, 2.75) is 12.8 Å². The van der Waals surface area contributed by atoms with Crippen LogP contribution in [0.4, 0.5) is 0 Å².